The van der Waals surface area contributed by atoms with Crippen LogP contribution in [-0.4, -0.2) is 16.6 Å². The van der Waals surface area contributed by atoms with E-state index < -0.39 is 0 Å². The Bertz CT molecular complexity index is 849. The number of carbonyl (C=O) groups is 1. The molecule has 2 rings (SSSR count). The van der Waals surface area contributed by atoms with Crippen molar-refractivity contribution in [2.75, 3.05) is 5.75 Å². The zero-order chi connectivity index (χ0) is 18.6. The Kier molecular flexibility index (Phi) is 6.71. The monoisotopic (exact) mass is 393 g/mol. The van der Waals surface area contributed by atoms with Crippen molar-refractivity contribution in [3.63, 3.8) is 0 Å². The molecule has 130 valence electrons. The first kappa shape index (κ1) is 19.6. The van der Waals surface area contributed by atoms with E-state index in [4.69, 9.17) is 23.2 Å². The smallest absolute Gasteiger partial charge is 0.230 e. The summed E-state index contributed by atoms with van der Waals surface area (Å²) < 4.78 is 0. The quantitative estimate of drug-likeness (QED) is 0.737. The van der Waals surface area contributed by atoms with E-state index in [9.17, 15) is 10.1 Å². The van der Waals surface area contributed by atoms with E-state index in [0.717, 1.165) is 16.8 Å². The number of carbonyl (C=O) groups excluding carboxylic acids is 1. The summed E-state index contributed by atoms with van der Waals surface area (Å²) in [6, 6.07) is 9.07. The van der Waals surface area contributed by atoms with Crippen LogP contribution in [0.25, 0.3) is 0 Å². The number of nitriles is 1. The second-order valence-electron chi connectivity index (χ2n) is 5.62. The Labute approximate surface area is 161 Å². The molecule has 1 amide bonds. The molecule has 0 saturated heterocycles. The van der Waals surface area contributed by atoms with Crippen LogP contribution in [-0.2, 0) is 4.79 Å². The van der Waals surface area contributed by atoms with Crippen LogP contribution >= 0.6 is 35.0 Å². The van der Waals surface area contributed by atoms with Crippen LogP contribution in [0.5, 0.6) is 0 Å². The fourth-order valence-corrected chi connectivity index (χ4v) is 3.54. The molecule has 0 aliphatic carbocycles. The number of nitrogens with one attached hydrogen (secondary N) is 1. The maximum absolute atomic E-state index is 12.2. The Balaban J connectivity index is 2.01. The summed E-state index contributed by atoms with van der Waals surface area (Å²) in [6.45, 7) is 5.60. The summed E-state index contributed by atoms with van der Waals surface area (Å²) in [6.07, 6.45) is 0. The normalized spacial score (nSPS) is 11.7. The van der Waals surface area contributed by atoms with Gasteiger partial charge in [-0.25, -0.2) is 4.98 Å². The van der Waals surface area contributed by atoms with Crippen molar-refractivity contribution in [3.8, 4) is 6.07 Å². The highest BCUT2D eigenvalue weighted by molar-refractivity contribution is 8.00. The van der Waals surface area contributed by atoms with Crippen molar-refractivity contribution >= 4 is 40.9 Å². The number of benzene rings is 1. The highest BCUT2D eigenvalue weighted by Gasteiger charge is 2.14. The largest absolute Gasteiger partial charge is 0.349 e. The van der Waals surface area contributed by atoms with Crippen LogP contribution in [0.2, 0.25) is 10.0 Å². The van der Waals surface area contributed by atoms with Gasteiger partial charge in [-0.15, -0.1) is 0 Å². The van der Waals surface area contributed by atoms with Gasteiger partial charge < -0.3 is 5.32 Å². The van der Waals surface area contributed by atoms with E-state index in [0.29, 0.717) is 20.6 Å². The molecule has 0 spiro atoms. The van der Waals surface area contributed by atoms with Crippen molar-refractivity contribution in [1.82, 2.24) is 10.3 Å². The average Bonchev–Trinajstić information content (AvgIpc) is 2.55. The number of aryl methyl sites for hydroxylation is 2. The minimum atomic E-state index is -0.203. The molecule has 0 radical (unpaired) electrons. The van der Waals surface area contributed by atoms with Gasteiger partial charge in [-0.1, -0.05) is 41.0 Å². The molecule has 1 N–H and O–H groups in total. The summed E-state index contributed by atoms with van der Waals surface area (Å²) in [5.74, 6) is 0.0318. The molecule has 2 aromatic rings. The van der Waals surface area contributed by atoms with Crippen LogP contribution in [0, 0.1) is 25.2 Å². The number of amides is 1. The minimum absolute atomic E-state index is 0.145. The number of hydrogen-bond acceptors (Lipinski definition) is 4. The molecule has 1 atom stereocenters. The van der Waals surface area contributed by atoms with E-state index in [1.165, 1.54) is 11.8 Å². The van der Waals surface area contributed by atoms with Crippen LogP contribution in [0.1, 0.15) is 35.3 Å². The molecular formula is C18H17Cl2N3OS. The molecule has 1 heterocycles. The number of nitrogens with zero attached hydrogens (tertiary/aromatic N) is 2. The standard InChI is InChI=1S/C18H17Cl2N3OS/c1-10-6-11(2)22-18(14(10)8-21)25-9-17(24)23-12(3)13-4-5-15(19)16(20)7-13/h4-7,12H,9H2,1-3H3,(H,23,24). The molecule has 0 aliphatic heterocycles. The van der Waals surface area contributed by atoms with Crippen molar-refractivity contribution in [3.05, 3.63) is 56.7 Å². The summed E-state index contributed by atoms with van der Waals surface area (Å²) in [5.41, 5.74) is 3.07. The lowest BCUT2D eigenvalue weighted by Gasteiger charge is -2.15. The fourth-order valence-electron chi connectivity index (χ4n) is 2.33. The van der Waals surface area contributed by atoms with Gasteiger partial charge in [0.05, 0.1) is 27.4 Å². The van der Waals surface area contributed by atoms with Crippen LogP contribution in [0.15, 0.2) is 29.3 Å². The topological polar surface area (TPSA) is 65.8 Å². The van der Waals surface area contributed by atoms with Gasteiger partial charge in [0.1, 0.15) is 11.1 Å². The summed E-state index contributed by atoms with van der Waals surface area (Å²) in [5, 5.41) is 13.7. The maximum Gasteiger partial charge on any atom is 0.230 e. The molecule has 1 aromatic carbocycles. The second kappa shape index (κ2) is 8.57. The first-order valence-corrected chi connectivity index (χ1v) is 9.31. The Morgan fingerprint density at radius 3 is 2.68 bits per heavy atom. The molecule has 0 aliphatic rings. The van der Waals surface area contributed by atoms with Gasteiger partial charge in [0.2, 0.25) is 5.91 Å². The second-order valence-corrected chi connectivity index (χ2v) is 7.40. The predicted molar refractivity (Wildman–Crippen MR) is 102 cm³/mol. The Morgan fingerprint density at radius 2 is 2.04 bits per heavy atom. The molecule has 0 fully saturated rings. The lowest BCUT2D eigenvalue weighted by atomic mass is 10.1. The van der Waals surface area contributed by atoms with Crippen LogP contribution in [0.3, 0.4) is 0 Å². The summed E-state index contributed by atoms with van der Waals surface area (Å²) in [4.78, 5) is 16.6. The van der Waals surface area contributed by atoms with E-state index in [1.54, 1.807) is 12.1 Å². The molecule has 1 unspecified atom stereocenters. The number of aromatic nitrogens is 1. The first-order chi connectivity index (χ1) is 11.8. The van der Waals surface area contributed by atoms with Gasteiger partial charge in [-0.2, -0.15) is 5.26 Å². The van der Waals surface area contributed by atoms with Gasteiger partial charge >= 0.3 is 0 Å². The third kappa shape index (κ3) is 5.12. The van der Waals surface area contributed by atoms with Crippen molar-refractivity contribution < 1.29 is 4.79 Å². The third-order valence-corrected chi connectivity index (χ3v) is 5.30. The average molecular weight is 394 g/mol. The van der Waals surface area contributed by atoms with Gasteiger partial charge in [0.25, 0.3) is 0 Å². The van der Waals surface area contributed by atoms with Crippen LogP contribution < -0.4 is 5.32 Å². The number of hydrogen-bond donors (Lipinski definition) is 1. The zero-order valence-corrected chi connectivity index (χ0v) is 16.4. The number of thioether (sulfide) groups is 1. The summed E-state index contributed by atoms with van der Waals surface area (Å²) >= 11 is 13.2. The van der Waals surface area contributed by atoms with Crippen molar-refractivity contribution in [2.45, 2.75) is 31.8 Å². The van der Waals surface area contributed by atoms with Crippen molar-refractivity contribution in [1.29, 1.82) is 5.26 Å². The zero-order valence-electron chi connectivity index (χ0n) is 14.1. The van der Waals surface area contributed by atoms with E-state index in [-0.39, 0.29) is 17.7 Å². The SMILES string of the molecule is Cc1cc(C)c(C#N)c(SCC(=O)NC(C)c2ccc(Cl)c(Cl)c2)n1. The number of halogens is 2. The van der Waals surface area contributed by atoms with E-state index in [2.05, 4.69) is 16.4 Å². The Morgan fingerprint density at radius 1 is 1.32 bits per heavy atom. The van der Waals surface area contributed by atoms with E-state index in [1.807, 2.05) is 32.9 Å². The van der Waals surface area contributed by atoms with Gasteiger partial charge in [0, 0.05) is 5.69 Å². The number of rotatable bonds is 5. The predicted octanol–water partition coefficient (Wildman–Crippen LogP) is 4.85. The molecule has 0 bridgehead atoms. The van der Waals surface area contributed by atoms with Gasteiger partial charge in [0.15, 0.2) is 0 Å². The van der Waals surface area contributed by atoms with Crippen molar-refractivity contribution in [2.24, 2.45) is 0 Å². The molecule has 4 nitrogen and oxygen atoms in total. The molecule has 7 heteroatoms. The lowest BCUT2D eigenvalue weighted by Crippen LogP contribution is -2.28. The summed E-state index contributed by atoms with van der Waals surface area (Å²) in [7, 11) is 0. The Hall–Kier alpha value is -1.74. The highest BCUT2D eigenvalue weighted by atomic mass is 35.5. The van der Waals surface area contributed by atoms with E-state index >= 15 is 0 Å². The number of pyridine rings is 1. The molecule has 0 saturated carbocycles. The lowest BCUT2D eigenvalue weighted by molar-refractivity contribution is -0.119. The maximum atomic E-state index is 12.2. The minimum Gasteiger partial charge on any atom is -0.349 e. The molecule has 25 heavy (non-hydrogen) atoms. The first-order valence-electron chi connectivity index (χ1n) is 7.57. The van der Waals surface area contributed by atoms with Gasteiger partial charge in [-0.3, -0.25) is 4.79 Å². The molecular weight excluding hydrogens is 377 g/mol. The van der Waals surface area contributed by atoms with Gasteiger partial charge in [-0.05, 0) is 50.1 Å². The third-order valence-electron chi connectivity index (χ3n) is 3.58. The van der Waals surface area contributed by atoms with Crippen LogP contribution in [0.4, 0.5) is 0 Å². The molecule has 1 aromatic heterocycles. The fraction of sp³-hybridized carbons (Fsp3) is 0.278. The highest BCUT2D eigenvalue weighted by Crippen LogP contribution is 2.26.